The molecule has 84 valence electrons. The summed E-state index contributed by atoms with van der Waals surface area (Å²) >= 11 is 8.16. The van der Waals surface area contributed by atoms with E-state index in [1.807, 2.05) is 0 Å². The minimum Gasteiger partial charge on any atom is -0.247 e. The lowest BCUT2D eigenvalue weighted by Crippen LogP contribution is -2.25. The summed E-state index contributed by atoms with van der Waals surface area (Å²) in [5.41, 5.74) is 1.14. The molecule has 3 atom stereocenters. The van der Waals surface area contributed by atoms with E-state index in [0.717, 1.165) is 18.0 Å². The number of hydrogen-bond acceptors (Lipinski definition) is 2. The molecular formula is C12H18ClNS. The van der Waals surface area contributed by atoms with Crippen molar-refractivity contribution >= 4 is 22.9 Å². The summed E-state index contributed by atoms with van der Waals surface area (Å²) in [4.78, 5) is 4.52. The fourth-order valence-electron chi connectivity index (χ4n) is 2.39. The van der Waals surface area contributed by atoms with Crippen molar-refractivity contribution in [3.05, 3.63) is 16.1 Å². The van der Waals surface area contributed by atoms with Crippen molar-refractivity contribution in [1.82, 2.24) is 4.98 Å². The highest BCUT2D eigenvalue weighted by Crippen LogP contribution is 2.34. The summed E-state index contributed by atoms with van der Waals surface area (Å²) in [6, 6.07) is 0. The zero-order chi connectivity index (χ0) is 10.8. The van der Waals surface area contributed by atoms with Gasteiger partial charge in [0.25, 0.3) is 0 Å². The summed E-state index contributed by atoms with van der Waals surface area (Å²) in [7, 11) is 0. The van der Waals surface area contributed by atoms with E-state index in [1.54, 1.807) is 11.3 Å². The van der Waals surface area contributed by atoms with Gasteiger partial charge in [-0.25, -0.2) is 4.98 Å². The number of alkyl halides is 1. The van der Waals surface area contributed by atoms with E-state index in [0.29, 0.717) is 11.3 Å². The number of rotatable bonds is 2. The molecule has 1 nitrogen and oxygen atoms in total. The minimum atomic E-state index is 0.366. The molecule has 1 heterocycles. The van der Waals surface area contributed by atoms with Gasteiger partial charge in [0.05, 0.1) is 5.01 Å². The van der Waals surface area contributed by atoms with Crippen molar-refractivity contribution < 1.29 is 0 Å². The van der Waals surface area contributed by atoms with Gasteiger partial charge in [-0.15, -0.1) is 22.9 Å². The first-order valence-corrected chi connectivity index (χ1v) is 7.02. The molecule has 1 fully saturated rings. The Morgan fingerprint density at radius 2 is 2.33 bits per heavy atom. The second-order valence-electron chi connectivity index (χ2n) is 4.78. The van der Waals surface area contributed by atoms with E-state index in [4.69, 9.17) is 11.6 Å². The fourth-order valence-corrected chi connectivity index (χ4v) is 3.58. The maximum absolute atomic E-state index is 6.38. The minimum absolute atomic E-state index is 0.366. The largest absolute Gasteiger partial charge is 0.247 e. The number of aromatic nitrogens is 1. The molecule has 1 aromatic rings. The third-order valence-corrected chi connectivity index (χ3v) is 4.82. The Balaban J connectivity index is 1.98. The lowest BCUT2D eigenvalue weighted by Gasteiger charge is -2.30. The van der Waals surface area contributed by atoms with Crippen LogP contribution in [0.25, 0.3) is 0 Å². The van der Waals surface area contributed by atoms with Crippen molar-refractivity contribution in [2.45, 2.75) is 44.9 Å². The predicted octanol–water partition coefficient (Wildman–Crippen LogP) is 4.04. The molecule has 0 aromatic carbocycles. The second kappa shape index (κ2) is 4.84. The SMILES string of the molecule is Cc1csc(CC2CC(C)CCC2Cl)n1. The summed E-state index contributed by atoms with van der Waals surface area (Å²) in [5, 5.41) is 3.76. The van der Waals surface area contributed by atoms with Crippen molar-refractivity contribution in [2.24, 2.45) is 11.8 Å². The van der Waals surface area contributed by atoms with Crippen LogP contribution in [-0.4, -0.2) is 10.4 Å². The fraction of sp³-hybridized carbons (Fsp3) is 0.750. The lowest BCUT2D eigenvalue weighted by atomic mass is 9.80. The highest BCUT2D eigenvalue weighted by atomic mass is 35.5. The third kappa shape index (κ3) is 2.94. The van der Waals surface area contributed by atoms with Gasteiger partial charge in [-0.05, 0) is 38.0 Å². The standard InChI is InChI=1S/C12H18ClNS/c1-8-3-4-11(13)10(5-8)6-12-14-9(2)7-15-12/h7-8,10-11H,3-6H2,1-2H3. The molecule has 1 aromatic heterocycles. The summed E-state index contributed by atoms with van der Waals surface area (Å²) in [6.07, 6.45) is 4.82. The van der Waals surface area contributed by atoms with Crippen LogP contribution in [-0.2, 0) is 6.42 Å². The Morgan fingerprint density at radius 3 is 3.00 bits per heavy atom. The topological polar surface area (TPSA) is 12.9 Å². The highest BCUT2D eigenvalue weighted by molar-refractivity contribution is 7.09. The third-order valence-electron chi connectivity index (χ3n) is 3.26. The van der Waals surface area contributed by atoms with Crippen LogP contribution in [0.5, 0.6) is 0 Å². The Kier molecular flexibility index (Phi) is 3.68. The maximum atomic E-state index is 6.38. The molecule has 2 rings (SSSR count). The van der Waals surface area contributed by atoms with Crippen molar-refractivity contribution in [2.75, 3.05) is 0 Å². The van der Waals surface area contributed by atoms with Gasteiger partial charge in [0.15, 0.2) is 0 Å². The van der Waals surface area contributed by atoms with E-state index in [-0.39, 0.29) is 0 Å². The highest BCUT2D eigenvalue weighted by Gasteiger charge is 2.27. The molecule has 0 amide bonds. The molecule has 0 radical (unpaired) electrons. The molecular weight excluding hydrogens is 226 g/mol. The Bertz CT molecular complexity index is 323. The van der Waals surface area contributed by atoms with E-state index in [1.165, 1.54) is 24.3 Å². The van der Waals surface area contributed by atoms with Gasteiger partial charge in [0.2, 0.25) is 0 Å². The van der Waals surface area contributed by atoms with Crippen molar-refractivity contribution in [3.8, 4) is 0 Å². The lowest BCUT2D eigenvalue weighted by molar-refractivity contribution is 0.287. The van der Waals surface area contributed by atoms with Crippen LogP contribution in [0.15, 0.2) is 5.38 Å². The number of halogens is 1. The smallest absolute Gasteiger partial charge is 0.0931 e. The van der Waals surface area contributed by atoms with E-state index in [9.17, 15) is 0 Å². The average Bonchev–Trinajstić information content (AvgIpc) is 2.58. The summed E-state index contributed by atoms with van der Waals surface area (Å²) in [6.45, 7) is 4.39. The molecule has 1 saturated carbocycles. The molecule has 3 heteroatoms. The van der Waals surface area contributed by atoms with Gasteiger partial charge in [-0.2, -0.15) is 0 Å². The molecule has 0 saturated heterocycles. The van der Waals surface area contributed by atoms with Crippen LogP contribution in [0, 0.1) is 18.8 Å². The first-order valence-electron chi connectivity index (χ1n) is 5.70. The summed E-state index contributed by atoms with van der Waals surface area (Å²) in [5.74, 6) is 1.48. The van der Waals surface area contributed by atoms with Gasteiger partial charge in [-0.1, -0.05) is 6.92 Å². The van der Waals surface area contributed by atoms with Gasteiger partial charge < -0.3 is 0 Å². The Labute approximate surface area is 101 Å². The van der Waals surface area contributed by atoms with Gasteiger partial charge >= 0.3 is 0 Å². The molecule has 1 aliphatic rings. The molecule has 15 heavy (non-hydrogen) atoms. The quantitative estimate of drug-likeness (QED) is 0.715. The number of thiazole rings is 1. The molecule has 0 N–H and O–H groups in total. The molecule has 3 unspecified atom stereocenters. The van der Waals surface area contributed by atoms with Gasteiger partial charge in [-0.3, -0.25) is 0 Å². The van der Waals surface area contributed by atoms with Gasteiger partial charge in [0, 0.05) is 22.9 Å². The first kappa shape index (κ1) is 11.4. The zero-order valence-corrected chi connectivity index (χ0v) is 10.9. The number of nitrogens with zero attached hydrogens (tertiary/aromatic N) is 1. The van der Waals surface area contributed by atoms with Crippen LogP contribution in [0.3, 0.4) is 0 Å². The normalized spacial score (nSPS) is 31.8. The van der Waals surface area contributed by atoms with E-state index in [2.05, 4.69) is 24.2 Å². The molecule has 0 bridgehead atoms. The van der Waals surface area contributed by atoms with E-state index < -0.39 is 0 Å². The Morgan fingerprint density at radius 1 is 1.53 bits per heavy atom. The van der Waals surface area contributed by atoms with Crippen LogP contribution in [0.2, 0.25) is 0 Å². The monoisotopic (exact) mass is 243 g/mol. The maximum Gasteiger partial charge on any atom is 0.0931 e. The average molecular weight is 244 g/mol. The second-order valence-corrected chi connectivity index (χ2v) is 6.28. The van der Waals surface area contributed by atoms with Crippen molar-refractivity contribution in [3.63, 3.8) is 0 Å². The van der Waals surface area contributed by atoms with Gasteiger partial charge in [0.1, 0.15) is 0 Å². The van der Waals surface area contributed by atoms with Crippen LogP contribution < -0.4 is 0 Å². The molecule has 0 aliphatic heterocycles. The number of hydrogen-bond donors (Lipinski definition) is 0. The molecule has 0 spiro atoms. The predicted molar refractivity (Wildman–Crippen MR) is 66.7 cm³/mol. The Hall–Kier alpha value is -0.0800. The van der Waals surface area contributed by atoms with Crippen LogP contribution >= 0.6 is 22.9 Å². The zero-order valence-electron chi connectivity index (χ0n) is 9.37. The molecule has 1 aliphatic carbocycles. The van der Waals surface area contributed by atoms with Crippen molar-refractivity contribution in [1.29, 1.82) is 0 Å². The summed E-state index contributed by atoms with van der Waals surface area (Å²) < 4.78 is 0. The van der Waals surface area contributed by atoms with Crippen LogP contribution in [0.1, 0.15) is 36.9 Å². The van der Waals surface area contributed by atoms with Crippen LogP contribution in [0.4, 0.5) is 0 Å². The van der Waals surface area contributed by atoms with E-state index >= 15 is 0 Å². The first-order chi connectivity index (χ1) is 7.15. The number of aryl methyl sites for hydroxylation is 1.